The third kappa shape index (κ3) is 4.86. The van der Waals surface area contributed by atoms with Crippen molar-refractivity contribution in [1.29, 1.82) is 0 Å². The van der Waals surface area contributed by atoms with E-state index in [9.17, 15) is 4.79 Å². The molecule has 96 valence electrons. The van der Waals surface area contributed by atoms with Gasteiger partial charge in [-0.15, -0.1) is 0 Å². The lowest BCUT2D eigenvalue weighted by atomic mass is 10.2. The van der Waals surface area contributed by atoms with Gasteiger partial charge >= 0.3 is 0 Å². The molecule has 1 atom stereocenters. The van der Waals surface area contributed by atoms with Crippen LogP contribution in [0, 0.1) is 0 Å². The number of nitrogens with two attached hydrogens (primary N) is 1. The van der Waals surface area contributed by atoms with Crippen LogP contribution in [0.15, 0.2) is 12.3 Å². The molecule has 17 heavy (non-hydrogen) atoms. The maximum absolute atomic E-state index is 11.7. The average Bonchev–Trinajstić information content (AvgIpc) is 2.64. The van der Waals surface area contributed by atoms with Crippen molar-refractivity contribution in [2.75, 3.05) is 19.5 Å². The molecule has 3 N–H and O–H groups in total. The van der Waals surface area contributed by atoms with Gasteiger partial charge in [-0.3, -0.25) is 9.48 Å². The van der Waals surface area contributed by atoms with E-state index in [1.54, 1.807) is 19.4 Å². The van der Waals surface area contributed by atoms with E-state index in [4.69, 9.17) is 10.5 Å². The van der Waals surface area contributed by atoms with Gasteiger partial charge in [-0.2, -0.15) is 5.10 Å². The molecule has 0 saturated heterocycles. The number of nitrogen functional groups attached to an aromatic ring is 1. The summed E-state index contributed by atoms with van der Waals surface area (Å²) in [5.41, 5.74) is 5.47. The van der Waals surface area contributed by atoms with Crippen molar-refractivity contribution < 1.29 is 9.53 Å². The average molecular weight is 240 g/mol. The van der Waals surface area contributed by atoms with Gasteiger partial charge in [-0.1, -0.05) is 13.3 Å². The van der Waals surface area contributed by atoms with E-state index in [0.717, 1.165) is 12.8 Å². The topological polar surface area (TPSA) is 82.2 Å². The SMILES string of the molecule is CCCC(COC)NC(=O)Cn1ccc(N)n1. The molecule has 0 radical (unpaired) electrons. The number of amides is 1. The Hall–Kier alpha value is -1.56. The predicted octanol–water partition coefficient (Wildman–Crippen LogP) is 0.397. The summed E-state index contributed by atoms with van der Waals surface area (Å²) in [5.74, 6) is 0.336. The first kappa shape index (κ1) is 13.5. The Balaban J connectivity index is 2.41. The van der Waals surface area contributed by atoms with Crippen LogP contribution < -0.4 is 11.1 Å². The van der Waals surface area contributed by atoms with E-state index in [-0.39, 0.29) is 18.5 Å². The molecule has 0 aliphatic carbocycles. The Morgan fingerprint density at radius 1 is 1.71 bits per heavy atom. The van der Waals surface area contributed by atoms with Crippen LogP contribution in [0.4, 0.5) is 5.82 Å². The van der Waals surface area contributed by atoms with Gasteiger partial charge in [-0.25, -0.2) is 0 Å². The fraction of sp³-hybridized carbons (Fsp3) is 0.636. The molecule has 0 saturated carbocycles. The quantitative estimate of drug-likeness (QED) is 0.722. The molecule has 0 fully saturated rings. The molecule has 1 heterocycles. The Morgan fingerprint density at radius 2 is 2.47 bits per heavy atom. The van der Waals surface area contributed by atoms with Crippen molar-refractivity contribution >= 4 is 11.7 Å². The van der Waals surface area contributed by atoms with E-state index in [2.05, 4.69) is 17.3 Å². The van der Waals surface area contributed by atoms with Crippen molar-refractivity contribution in [3.05, 3.63) is 12.3 Å². The number of carbonyl (C=O) groups excluding carboxylic acids is 1. The van der Waals surface area contributed by atoms with Crippen LogP contribution in [0.2, 0.25) is 0 Å². The lowest BCUT2D eigenvalue weighted by molar-refractivity contribution is -0.123. The van der Waals surface area contributed by atoms with E-state index >= 15 is 0 Å². The summed E-state index contributed by atoms with van der Waals surface area (Å²) < 4.78 is 6.57. The van der Waals surface area contributed by atoms with E-state index in [0.29, 0.717) is 12.4 Å². The standard InChI is InChI=1S/C11H20N4O2/c1-3-4-9(8-17-2)13-11(16)7-15-6-5-10(12)14-15/h5-6,9H,3-4,7-8H2,1-2H3,(H2,12,14)(H,13,16). The third-order valence-electron chi connectivity index (χ3n) is 2.34. The van der Waals surface area contributed by atoms with Crippen LogP contribution in [0.1, 0.15) is 19.8 Å². The monoisotopic (exact) mass is 240 g/mol. The Bertz CT molecular complexity index is 345. The zero-order valence-corrected chi connectivity index (χ0v) is 10.3. The maximum atomic E-state index is 11.7. The minimum absolute atomic E-state index is 0.0606. The number of ether oxygens (including phenoxy) is 1. The molecular weight excluding hydrogens is 220 g/mol. The summed E-state index contributed by atoms with van der Waals surface area (Å²) >= 11 is 0. The first-order valence-electron chi connectivity index (χ1n) is 5.73. The highest BCUT2D eigenvalue weighted by atomic mass is 16.5. The van der Waals surface area contributed by atoms with Crippen LogP contribution in [0.3, 0.4) is 0 Å². The molecule has 6 nitrogen and oxygen atoms in total. The van der Waals surface area contributed by atoms with Crippen molar-refractivity contribution in [2.45, 2.75) is 32.4 Å². The van der Waals surface area contributed by atoms with Crippen LogP contribution in [-0.2, 0) is 16.1 Å². The molecule has 1 aromatic heterocycles. The first-order chi connectivity index (χ1) is 8.15. The number of aromatic nitrogens is 2. The molecule has 1 amide bonds. The van der Waals surface area contributed by atoms with Gasteiger partial charge in [0.1, 0.15) is 12.4 Å². The fourth-order valence-electron chi connectivity index (χ4n) is 1.63. The third-order valence-corrected chi connectivity index (χ3v) is 2.34. The molecule has 0 aliphatic rings. The molecule has 1 rings (SSSR count). The lowest BCUT2D eigenvalue weighted by Crippen LogP contribution is -2.39. The normalized spacial score (nSPS) is 12.4. The Labute approximate surface area is 101 Å². The summed E-state index contributed by atoms with van der Waals surface area (Å²) in [6, 6.07) is 1.72. The van der Waals surface area contributed by atoms with Crippen molar-refractivity contribution in [3.8, 4) is 0 Å². The minimum atomic E-state index is -0.0800. The second-order valence-electron chi connectivity index (χ2n) is 3.95. The summed E-state index contributed by atoms with van der Waals surface area (Å²) in [4.78, 5) is 11.7. The number of anilines is 1. The van der Waals surface area contributed by atoms with Gasteiger partial charge in [0.25, 0.3) is 0 Å². The van der Waals surface area contributed by atoms with Gasteiger partial charge in [-0.05, 0) is 12.5 Å². The summed E-state index contributed by atoms with van der Waals surface area (Å²) in [7, 11) is 1.63. The van der Waals surface area contributed by atoms with Crippen molar-refractivity contribution in [1.82, 2.24) is 15.1 Å². The predicted molar refractivity (Wildman–Crippen MR) is 65.4 cm³/mol. The molecule has 0 bridgehead atoms. The second-order valence-corrected chi connectivity index (χ2v) is 3.95. The van der Waals surface area contributed by atoms with Gasteiger partial charge in [0.15, 0.2) is 0 Å². The number of nitrogens with one attached hydrogen (secondary N) is 1. The van der Waals surface area contributed by atoms with E-state index < -0.39 is 0 Å². The second kappa shape index (κ2) is 6.90. The number of methoxy groups -OCH3 is 1. The van der Waals surface area contributed by atoms with Gasteiger partial charge in [0.05, 0.1) is 12.6 Å². The lowest BCUT2D eigenvalue weighted by Gasteiger charge is -2.17. The number of hydrogen-bond donors (Lipinski definition) is 2. The highest BCUT2D eigenvalue weighted by molar-refractivity contribution is 5.76. The number of rotatable bonds is 7. The Morgan fingerprint density at radius 3 is 3.00 bits per heavy atom. The molecular formula is C11H20N4O2. The smallest absolute Gasteiger partial charge is 0.242 e. The Kier molecular flexibility index (Phi) is 5.48. The van der Waals surface area contributed by atoms with Crippen LogP contribution >= 0.6 is 0 Å². The van der Waals surface area contributed by atoms with E-state index in [1.165, 1.54) is 4.68 Å². The number of hydrogen-bond acceptors (Lipinski definition) is 4. The number of nitrogens with zero attached hydrogens (tertiary/aromatic N) is 2. The minimum Gasteiger partial charge on any atom is -0.383 e. The zero-order valence-electron chi connectivity index (χ0n) is 10.3. The molecule has 6 heteroatoms. The zero-order chi connectivity index (χ0) is 12.7. The molecule has 0 spiro atoms. The van der Waals surface area contributed by atoms with Gasteiger partial charge < -0.3 is 15.8 Å². The highest BCUT2D eigenvalue weighted by Gasteiger charge is 2.11. The summed E-state index contributed by atoms with van der Waals surface area (Å²) in [6.45, 7) is 2.78. The fourth-order valence-corrected chi connectivity index (χ4v) is 1.63. The maximum Gasteiger partial charge on any atom is 0.242 e. The summed E-state index contributed by atoms with van der Waals surface area (Å²) in [6.07, 6.45) is 3.59. The van der Waals surface area contributed by atoms with Crippen molar-refractivity contribution in [2.24, 2.45) is 0 Å². The van der Waals surface area contributed by atoms with E-state index in [1.807, 2.05) is 0 Å². The molecule has 1 unspecified atom stereocenters. The summed E-state index contributed by atoms with van der Waals surface area (Å²) in [5, 5.41) is 6.86. The number of carbonyl (C=O) groups is 1. The molecule has 1 aromatic rings. The van der Waals surface area contributed by atoms with Gasteiger partial charge in [0, 0.05) is 13.3 Å². The first-order valence-corrected chi connectivity index (χ1v) is 5.73. The highest BCUT2D eigenvalue weighted by Crippen LogP contribution is 1.99. The largest absolute Gasteiger partial charge is 0.383 e. The molecule has 0 aliphatic heterocycles. The van der Waals surface area contributed by atoms with Crippen molar-refractivity contribution in [3.63, 3.8) is 0 Å². The van der Waals surface area contributed by atoms with Crippen LogP contribution in [0.5, 0.6) is 0 Å². The van der Waals surface area contributed by atoms with Gasteiger partial charge in [0.2, 0.25) is 5.91 Å². The molecule has 0 aromatic carbocycles. The van der Waals surface area contributed by atoms with Crippen LogP contribution in [0.25, 0.3) is 0 Å². The van der Waals surface area contributed by atoms with Crippen LogP contribution in [-0.4, -0.2) is 35.4 Å².